The molecule has 1 N–H and O–H groups in total. The molecule has 1 aromatic carbocycles. The smallest absolute Gasteiger partial charge is 0.227 e. The number of carbonyl (C=O) groups is 1. The van der Waals surface area contributed by atoms with Crippen molar-refractivity contribution < 1.29 is 4.79 Å². The van der Waals surface area contributed by atoms with Crippen LogP contribution in [0.25, 0.3) is 5.65 Å². The quantitative estimate of drug-likeness (QED) is 0.725. The number of nitrogens with zero attached hydrogens (tertiary/aromatic N) is 3. The molecule has 0 bridgehead atoms. The lowest BCUT2D eigenvalue weighted by Gasteiger charge is -2.23. The number of aryl methyl sites for hydroxylation is 2. The van der Waals surface area contributed by atoms with Gasteiger partial charge >= 0.3 is 0 Å². The number of aromatic nitrogens is 2. The minimum atomic E-state index is -0.0174. The van der Waals surface area contributed by atoms with Crippen LogP contribution in [0.5, 0.6) is 0 Å². The molecule has 4 rings (SSSR count). The van der Waals surface area contributed by atoms with E-state index in [9.17, 15) is 4.79 Å². The predicted molar refractivity (Wildman–Crippen MR) is 114 cm³/mol. The first-order valence-electron chi connectivity index (χ1n) is 10.2. The molecule has 0 saturated heterocycles. The summed E-state index contributed by atoms with van der Waals surface area (Å²) in [5.41, 5.74) is 6.55. The Balaban J connectivity index is 1.47. The van der Waals surface area contributed by atoms with Gasteiger partial charge in [0.05, 0.1) is 5.69 Å². The van der Waals surface area contributed by atoms with Gasteiger partial charge < -0.3 is 14.6 Å². The lowest BCUT2D eigenvalue weighted by atomic mass is 9.89. The van der Waals surface area contributed by atoms with Crippen LogP contribution >= 0.6 is 0 Å². The van der Waals surface area contributed by atoms with Gasteiger partial charge in [0, 0.05) is 48.7 Å². The minimum Gasteiger partial charge on any atom is -0.372 e. The van der Waals surface area contributed by atoms with Crippen molar-refractivity contribution in [1.82, 2.24) is 9.38 Å². The second-order valence-electron chi connectivity index (χ2n) is 7.59. The number of benzene rings is 1. The van der Waals surface area contributed by atoms with E-state index >= 15 is 0 Å². The number of imidazole rings is 1. The number of nitrogens with one attached hydrogen (secondary N) is 1. The number of amides is 1. The van der Waals surface area contributed by atoms with Crippen LogP contribution in [0.2, 0.25) is 0 Å². The average Bonchev–Trinajstić information content (AvgIpc) is 3.06. The van der Waals surface area contributed by atoms with E-state index in [4.69, 9.17) is 4.98 Å². The standard InChI is InChI=1S/C23H28N4O/c1-4-26(5-2)19-9-7-18(8-10-19)24-23(28)17-6-11-20-21(15-17)27-13-12-16(3)14-22(27)25-20/h7-10,12-14,17H,4-6,11,15H2,1-3H3,(H,24,28). The zero-order valence-electron chi connectivity index (χ0n) is 16.9. The molecule has 0 fully saturated rings. The Kier molecular flexibility index (Phi) is 5.07. The molecule has 5 nitrogen and oxygen atoms in total. The van der Waals surface area contributed by atoms with Crippen LogP contribution in [0, 0.1) is 12.8 Å². The number of carbonyl (C=O) groups excluding carboxylic acids is 1. The van der Waals surface area contributed by atoms with Crippen molar-refractivity contribution in [2.75, 3.05) is 23.3 Å². The molecule has 0 aliphatic heterocycles. The molecule has 1 unspecified atom stereocenters. The monoisotopic (exact) mass is 376 g/mol. The van der Waals surface area contributed by atoms with Crippen LogP contribution < -0.4 is 10.2 Å². The summed E-state index contributed by atoms with van der Waals surface area (Å²) in [5.74, 6) is 0.0828. The van der Waals surface area contributed by atoms with E-state index in [1.165, 1.54) is 16.9 Å². The maximum absolute atomic E-state index is 12.9. The summed E-state index contributed by atoms with van der Waals surface area (Å²) in [6.45, 7) is 8.34. The van der Waals surface area contributed by atoms with Crippen LogP contribution in [0.3, 0.4) is 0 Å². The maximum Gasteiger partial charge on any atom is 0.227 e. The highest BCUT2D eigenvalue weighted by Crippen LogP contribution is 2.28. The van der Waals surface area contributed by atoms with Crippen molar-refractivity contribution in [2.24, 2.45) is 5.92 Å². The molecule has 1 aliphatic carbocycles. The van der Waals surface area contributed by atoms with Crippen molar-refractivity contribution >= 4 is 22.9 Å². The molecule has 2 heterocycles. The van der Waals surface area contributed by atoms with E-state index in [1.807, 2.05) is 12.1 Å². The van der Waals surface area contributed by atoms with Crippen LogP contribution in [-0.2, 0) is 17.6 Å². The Labute approximate surface area is 166 Å². The van der Waals surface area contributed by atoms with Gasteiger partial charge in [-0.1, -0.05) is 0 Å². The number of hydrogen-bond donors (Lipinski definition) is 1. The van der Waals surface area contributed by atoms with E-state index in [2.05, 4.69) is 65.9 Å². The van der Waals surface area contributed by atoms with E-state index in [-0.39, 0.29) is 11.8 Å². The summed E-state index contributed by atoms with van der Waals surface area (Å²) >= 11 is 0. The van der Waals surface area contributed by atoms with E-state index in [0.29, 0.717) is 0 Å². The first-order chi connectivity index (χ1) is 13.6. The average molecular weight is 377 g/mol. The molecule has 3 aromatic rings. The van der Waals surface area contributed by atoms with Crippen LogP contribution in [0.4, 0.5) is 11.4 Å². The second kappa shape index (κ2) is 7.66. The second-order valence-corrected chi connectivity index (χ2v) is 7.59. The van der Waals surface area contributed by atoms with Crippen LogP contribution in [-0.4, -0.2) is 28.4 Å². The number of rotatable bonds is 5. The Hall–Kier alpha value is -2.82. The van der Waals surface area contributed by atoms with E-state index in [0.717, 1.165) is 49.4 Å². The molecule has 1 amide bonds. The van der Waals surface area contributed by atoms with Crippen molar-refractivity contribution in [3.05, 3.63) is 59.5 Å². The third-order valence-corrected chi connectivity index (χ3v) is 5.77. The van der Waals surface area contributed by atoms with Crippen molar-refractivity contribution in [2.45, 2.75) is 40.0 Å². The predicted octanol–water partition coefficient (Wildman–Crippen LogP) is 4.23. The Morgan fingerprint density at radius 2 is 1.96 bits per heavy atom. The highest BCUT2D eigenvalue weighted by molar-refractivity contribution is 5.93. The topological polar surface area (TPSA) is 49.6 Å². The van der Waals surface area contributed by atoms with Crippen molar-refractivity contribution in [1.29, 1.82) is 0 Å². The van der Waals surface area contributed by atoms with Crippen LogP contribution in [0.1, 0.15) is 37.2 Å². The molecule has 5 heteroatoms. The summed E-state index contributed by atoms with van der Waals surface area (Å²) in [4.78, 5) is 19.9. The summed E-state index contributed by atoms with van der Waals surface area (Å²) in [5, 5.41) is 3.11. The fraction of sp³-hybridized carbons (Fsp3) is 0.391. The van der Waals surface area contributed by atoms with Gasteiger partial charge in [0.2, 0.25) is 5.91 Å². The third-order valence-electron chi connectivity index (χ3n) is 5.77. The van der Waals surface area contributed by atoms with Gasteiger partial charge in [-0.3, -0.25) is 4.79 Å². The summed E-state index contributed by atoms with van der Waals surface area (Å²) in [7, 11) is 0. The highest BCUT2D eigenvalue weighted by Gasteiger charge is 2.28. The molecule has 0 radical (unpaired) electrons. The molecule has 146 valence electrons. The molecular weight excluding hydrogens is 348 g/mol. The van der Waals surface area contributed by atoms with Gasteiger partial charge in [-0.25, -0.2) is 4.98 Å². The fourth-order valence-corrected chi connectivity index (χ4v) is 4.12. The number of pyridine rings is 1. The van der Waals surface area contributed by atoms with E-state index in [1.54, 1.807) is 0 Å². The van der Waals surface area contributed by atoms with Gasteiger partial charge in [0.1, 0.15) is 5.65 Å². The fourth-order valence-electron chi connectivity index (χ4n) is 4.12. The third kappa shape index (κ3) is 3.49. The lowest BCUT2D eigenvalue weighted by Crippen LogP contribution is -2.28. The maximum atomic E-state index is 12.9. The summed E-state index contributed by atoms with van der Waals surface area (Å²) in [6, 6.07) is 12.3. The van der Waals surface area contributed by atoms with Gasteiger partial charge in [-0.15, -0.1) is 0 Å². The highest BCUT2D eigenvalue weighted by atomic mass is 16.1. The molecule has 0 saturated carbocycles. The molecule has 2 aromatic heterocycles. The van der Waals surface area contributed by atoms with Gasteiger partial charge in [0.25, 0.3) is 0 Å². The zero-order valence-corrected chi connectivity index (χ0v) is 16.9. The van der Waals surface area contributed by atoms with Crippen molar-refractivity contribution in [3.63, 3.8) is 0 Å². The zero-order chi connectivity index (χ0) is 19.7. The molecule has 1 aliphatic rings. The summed E-state index contributed by atoms with van der Waals surface area (Å²) < 4.78 is 2.14. The Morgan fingerprint density at radius 1 is 1.21 bits per heavy atom. The van der Waals surface area contributed by atoms with Crippen LogP contribution in [0.15, 0.2) is 42.6 Å². The first-order valence-corrected chi connectivity index (χ1v) is 10.2. The SMILES string of the molecule is CCN(CC)c1ccc(NC(=O)C2CCc3nc4cc(C)ccn4c3C2)cc1. The van der Waals surface area contributed by atoms with Gasteiger partial charge in [-0.05, 0) is 75.6 Å². The Morgan fingerprint density at radius 3 is 2.68 bits per heavy atom. The largest absolute Gasteiger partial charge is 0.372 e. The molecule has 28 heavy (non-hydrogen) atoms. The van der Waals surface area contributed by atoms with Gasteiger partial charge in [0.15, 0.2) is 0 Å². The molecular formula is C23H28N4O. The normalized spacial score (nSPS) is 16.0. The summed E-state index contributed by atoms with van der Waals surface area (Å²) in [6.07, 6.45) is 4.51. The number of hydrogen-bond acceptors (Lipinski definition) is 3. The van der Waals surface area contributed by atoms with E-state index < -0.39 is 0 Å². The number of fused-ring (bicyclic) bond motifs is 3. The first kappa shape index (κ1) is 18.5. The molecule has 0 spiro atoms. The molecule has 1 atom stereocenters. The lowest BCUT2D eigenvalue weighted by molar-refractivity contribution is -0.120. The number of anilines is 2. The van der Waals surface area contributed by atoms with Crippen molar-refractivity contribution in [3.8, 4) is 0 Å². The van der Waals surface area contributed by atoms with Gasteiger partial charge in [-0.2, -0.15) is 0 Å². The minimum absolute atomic E-state index is 0.0174. The Bertz CT molecular complexity index is 986.